The van der Waals surface area contributed by atoms with Crippen LogP contribution in [-0.4, -0.2) is 24.4 Å². The highest BCUT2D eigenvalue weighted by molar-refractivity contribution is 6.12. The Hall–Kier alpha value is -1.84. The molecule has 2 amide bonds. The van der Waals surface area contributed by atoms with Gasteiger partial charge in [-0.2, -0.15) is 0 Å². The Morgan fingerprint density at radius 1 is 1.21 bits per heavy atom. The smallest absolute Gasteiger partial charge is 0.247 e. The number of amides is 2. The van der Waals surface area contributed by atoms with Crippen molar-refractivity contribution in [2.75, 3.05) is 16.3 Å². The lowest BCUT2D eigenvalue weighted by atomic mass is 10.1. The van der Waals surface area contributed by atoms with Gasteiger partial charge in [0.25, 0.3) is 0 Å². The summed E-state index contributed by atoms with van der Waals surface area (Å²) in [6.45, 7) is 4.16. The molecule has 4 nitrogen and oxygen atoms in total. The fourth-order valence-electron chi connectivity index (χ4n) is 2.64. The number of benzene rings is 1. The minimum atomic E-state index is 0.00250. The average molecular weight is 258 g/mol. The second kappa shape index (κ2) is 4.37. The van der Waals surface area contributed by atoms with E-state index in [0.29, 0.717) is 0 Å². The number of anilines is 2. The van der Waals surface area contributed by atoms with E-state index >= 15 is 0 Å². The highest BCUT2D eigenvalue weighted by atomic mass is 16.2. The lowest BCUT2D eigenvalue weighted by molar-refractivity contribution is -0.123. The molecule has 3 rings (SSSR count). The number of fused-ring (bicyclic) bond motifs is 1. The lowest BCUT2D eigenvalue weighted by Crippen LogP contribution is -2.51. The number of nitrogens with zero attached hydrogens (tertiary/aromatic N) is 2. The molecule has 0 bridgehead atoms. The van der Waals surface area contributed by atoms with Crippen molar-refractivity contribution in [1.29, 1.82) is 0 Å². The number of para-hydroxylation sites is 2. The van der Waals surface area contributed by atoms with Crippen molar-refractivity contribution in [3.05, 3.63) is 24.3 Å². The molecule has 1 heterocycles. The monoisotopic (exact) mass is 258 g/mol. The van der Waals surface area contributed by atoms with Gasteiger partial charge in [-0.05, 0) is 38.8 Å². The molecular formula is C15H18N2O2. The van der Waals surface area contributed by atoms with Gasteiger partial charge in [-0.3, -0.25) is 9.59 Å². The molecule has 1 aromatic rings. The largest absolute Gasteiger partial charge is 0.306 e. The van der Waals surface area contributed by atoms with Crippen molar-refractivity contribution in [2.45, 2.75) is 32.7 Å². The fraction of sp³-hybridized carbons (Fsp3) is 0.467. The Morgan fingerprint density at radius 3 is 2.42 bits per heavy atom. The third-order valence-corrected chi connectivity index (χ3v) is 3.70. The molecule has 0 aromatic heterocycles. The van der Waals surface area contributed by atoms with Crippen molar-refractivity contribution in [3.63, 3.8) is 0 Å². The molecule has 1 saturated carbocycles. The van der Waals surface area contributed by atoms with Crippen LogP contribution in [0.5, 0.6) is 0 Å². The van der Waals surface area contributed by atoms with Gasteiger partial charge in [0.1, 0.15) is 6.54 Å². The number of hydrogen-bond acceptors (Lipinski definition) is 2. The zero-order chi connectivity index (χ0) is 13.6. The molecular weight excluding hydrogens is 240 g/mol. The molecule has 0 atom stereocenters. The molecule has 4 heteroatoms. The fourth-order valence-corrected chi connectivity index (χ4v) is 2.64. The van der Waals surface area contributed by atoms with Crippen molar-refractivity contribution in [2.24, 2.45) is 5.92 Å². The van der Waals surface area contributed by atoms with Gasteiger partial charge < -0.3 is 9.80 Å². The summed E-state index contributed by atoms with van der Waals surface area (Å²) in [4.78, 5) is 28.0. The van der Waals surface area contributed by atoms with Crippen molar-refractivity contribution in [3.8, 4) is 0 Å². The zero-order valence-corrected chi connectivity index (χ0v) is 11.3. The second-order valence-electron chi connectivity index (χ2n) is 5.54. The minimum absolute atomic E-state index is 0.00250. The summed E-state index contributed by atoms with van der Waals surface area (Å²) in [5, 5.41) is 0. The van der Waals surface area contributed by atoms with Crippen LogP contribution in [0.25, 0.3) is 0 Å². The average Bonchev–Trinajstić information content (AvgIpc) is 3.20. The standard InChI is InChI=1S/C15H18N2O2/c1-10(2)17-13-6-4-3-5-12(13)16(9-14(17)18)15(19)11-7-8-11/h3-6,10-11H,7-9H2,1-2H3. The first-order valence-corrected chi connectivity index (χ1v) is 6.82. The first-order valence-electron chi connectivity index (χ1n) is 6.82. The van der Waals surface area contributed by atoms with Crippen molar-refractivity contribution >= 4 is 23.2 Å². The van der Waals surface area contributed by atoms with Gasteiger partial charge in [-0.25, -0.2) is 0 Å². The number of carbonyl (C=O) groups excluding carboxylic acids is 2. The molecule has 0 radical (unpaired) electrons. The maximum Gasteiger partial charge on any atom is 0.247 e. The summed E-state index contributed by atoms with van der Waals surface area (Å²) in [6, 6.07) is 7.77. The van der Waals surface area contributed by atoms with Crippen LogP contribution in [-0.2, 0) is 9.59 Å². The number of hydrogen-bond donors (Lipinski definition) is 0. The SMILES string of the molecule is CC(C)N1C(=O)CN(C(=O)C2CC2)c2ccccc21. The van der Waals surface area contributed by atoms with Gasteiger partial charge in [-0.15, -0.1) is 0 Å². The summed E-state index contributed by atoms with van der Waals surface area (Å²) >= 11 is 0. The van der Waals surface area contributed by atoms with Crippen LogP contribution < -0.4 is 9.80 Å². The van der Waals surface area contributed by atoms with Crippen LogP contribution in [0.4, 0.5) is 11.4 Å². The lowest BCUT2D eigenvalue weighted by Gasteiger charge is -2.38. The molecule has 2 aliphatic rings. The Kier molecular flexibility index (Phi) is 2.81. The van der Waals surface area contributed by atoms with Crippen LogP contribution in [0.2, 0.25) is 0 Å². The summed E-state index contributed by atoms with van der Waals surface area (Å²) in [5.41, 5.74) is 1.72. The van der Waals surface area contributed by atoms with Gasteiger partial charge in [0.05, 0.1) is 11.4 Å². The molecule has 1 aliphatic heterocycles. The summed E-state index contributed by atoms with van der Waals surface area (Å²) < 4.78 is 0. The number of carbonyl (C=O) groups is 2. The Labute approximate surface area is 113 Å². The molecule has 0 N–H and O–H groups in total. The van der Waals surface area contributed by atoms with E-state index in [1.807, 2.05) is 38.1 Å². The van der Waals surface area contributed by atoms with E-state index in [4.69, 9.17) is 0 Å². The first kappa shape index (κ1) is 12.2. The van der Waals surface area contributed by atoms with Crippen LogP contribution in [0, 0.1) is 5.92 Å². The van der Waals surface area contributed by atoms with Gasteiger partial charge in [0.2, 0.25) is 11.8 Å². The van der Waals surface area contributed by atoms with Gasteiger partial charge >= 0.3 is 0 Å². The summed E-state index contributed by atoms with van der Waals surface area (Å²) in [6.07, 6.45) is 1.92. The van der Waals surface area contributed by atoms with E-state index in [2.05, 4.69) is 0 Å². The third-order valence-electron chi connectivity index (χ3n) is 3.70. The predicted molar refractivity (Wildman–Crippen MR) is 74.1 cm³/mol. The van der Waals surface area contributed by atoms with E-state index < -0.39 is 0 Å². The molecule has 19 heavy (non-hydrogen) atoms. The molecule has 1 fully saturated rings. The van der Waals surface area contributed by atoms with Crippen LogP contribution in [0.15, 0.2) is 24.3 Å². The maximum absolute atomic E-state index is 12.3. The Morgan fingerprint density at radius 2 is 1.84 bits per heavy atom. The normalized spacial score (nSPS) is 18.8. The van der Waals surface area contributed by atoms with Crippen LogP contribution in [0.1, 0.15) is 26.7 Å². The third kappa shape index (κ3) is 2.01. The molecule has 0 unspecified atom stereocenters. The van der Waals surface area contributed by atoms with E-state index in [1.54, 1.807) is 9.80 Å². The van der Waals surface area contributed by atoms with E-state index in [-0.39, 0.29) is 30.3 Å². The van der Waals surface area contributed by atoms with E-state index in [0.717, 1.165) is 24.2 Å². The second-order valence-corrected chi connectivity index (χ2v) is 5.54. The highest BCUT2D eigenvalue weighted by Crippen LogP contribution is 2.39. The first-order chi connectivity index (χ1) is 9.09. The maximum atomic E-state index is 12.3. The Bertz CT molecular complexity index is 535. The molecule has 100 valence electrons. The Balaban J connectivity index is 2.03. The van der Waals surface area contributed by atoms with Crippen molar-refractivity contribution < 1.29 is 9.59 Å². The van der Waals surface area contributed by atoms with Crippen LogP contribution in [0.3, 0.4) is 0 Å². The van der Waals surface area contributed by atoms with E-state index in [1.165, 1.54) is 0 Å². The topological polar surface area (TPSA) is 40.6 Å². The molecule has 1 aliphatic carbocycles. The summed E-state index contributed by atoms with van der Waals surface area (Å²) in [7, 11) is 0. The van der Waals surface area contributed by atoms with Crippen molar-refractivity contribution in [1.82, 2.24) is 0 Å². The zero-order valence-electron chi connectivity index (χ0n) is 11.3. The van der Waals surface area contributed by atoms with Gasteiger partial charge in [-0.1, -0.05) is 12.1 Å². The number of rotatable bonds is 2. The van der Waals surface area contributed by atoms with Gasteiger partial charge in [0.15, 0.2) is 0 Å². The highest BCUT2D eigenvalue weighted by Gasteiger charge is 2.39. The summed E-state index contributed by atoms with van der Waals surface area (Å²) in [5.74, 6) is 0.235. The minimum Gasteiger partial charge on any atom is -0.306 e. The predicted octanol–water partition coefficient (Wildman–Crippen LogP) is 2.18. The van der Waals surface area contributed by atoms with Crippen LogP contribution >= 0.6 is 0 Å². The molecule has 1 aromatic carbocycles. The molecule has 0 saturated heterocycles. The van der Waals surface area contributed by atoms with E-state index in [9.17, 15) is 9.59 Å². The molecule has 0 spiro atoms. The quantitative estimate of drug-likeness (QED) is 0.815. The van der Waals surface area contributed by atoms with Gasteiger partial charge in [0, 0.05) is 12.0 Å².